The van der Waals surface area contributed by atoms with Crippen LogP contribution in [0.1, 0.15) is 16.8 Å². The van der Waals surface area contributed by atoms with Crippen molar-refractivity contribution in [2.75, 3.05) is 0 Å². The Bertz CT molecular complexity index is 539. The SMILES string of the molecule is Cc1nn(Cc2cccc(Br)c2)c(Cl)c1CO. The molecule has 90 valence electrons. The molecule has 0 amide bonds. The number of nitrogens with zero attached hydrogens (tertiary/aromatic N) is 2. The molecule has 0 aliphatic rings. The van der Waals surface area contributed by atoms with Gasteiger partial charge in [0.15, 0.2) is 0 Å². The van der Waals surface area contributed by atoms with Gasteiger partial charge in [0, 0.05) is 10.0 Å². The molecule has 5 heteroatoms. The quantitative estimate of drug-likeness (QED) is 0.945. The van der Waals surface area contributed by atoms with Crippen LogP contribution in [0.5, 0.6) is 0 Å². The molecule has 0 radical (unpaired) electrons. The summed E-state index contributed by atoms with van der Waals surface area (Å²) < 4.78 is 2.72. The Kier molecular flexibility index (Phi) is 3.86. The molecule has 1 aromatic carbocycles. The summed E-state index contributed by atoms with van der Waals surface area (Å²) in [5.41, 5.74) is 2.57. The molecule has 17 heavy (non-hydrogen) atoms. The number of halogens is 2. The molecule has 2 rings (SSSR count). The van der Waals surface area contributed by atoms with Gasteiger partial charge in [0.1, 0.15) is 5.15 Å². The fourth-order valence-electron chi connectivity index (χ4n) is 1.68. The summed E-state index contributed by atoms with van der Waals surface area (Å²) >= 11 is 9.57. The highest BCUT2D eigenvalue weighted by molar-refractivity contribution is 9.10. The van der Waals surface area contributed by atoms with Crippen molar-refractivity contribution in [3.8, 4) is 0 Å². The van der Waals surface area contributed by atoms with Crippen LogP contribution >= 0.6 is 27.5 Å². The predicted molar refractivity (Wildman–Crippen MR) is 71.1 cm³/mol. The summed E-state index contributed by atoms with van der Waals surface area (Å²) in [6, 6.07) is 7.97. The molecular weight excluding hydrogens is 304 g/mol. The zero-order chi connectivity index (χ0) is 12.4. The fraction of sp³-hybridized carbons (Fsp3) is 0.250. The van der Waals surface area contributed by atoms with Gasteiger partial charge >= 0.3 is 0 Å². The first-order chi connectivity index (χ1) is 8.11. The Labute approximate surface area is 113 Å². The highest BCUT2D eigenvalue weighted by atomic mass is 79.9. The van der Waals surface area contributed by atoms with Gasteiger partial charge in [-0.25, -0.2) is 4.68 Å². The van der Waals surface area contributed by atoms with Crippen molar-refractivity contribution >= 4 is 27.5 Å². The predicted octanol–water partition coefficient (Wildman–Crippen LogP) is 3.15. The Morgan fingerprint density at radius 3 is 2.82 bits per heavy atom. The monoisotopic (exact) mass is 314 g/mol. The van der Waals surface area contributed by atoms with Crippen LogP contribution in [0.3, 0.4) is 0 Å². The molecule has 0 saturated carbocycles. The second-order valence-corrected chi connectivity index (χ2v) is 5.07. The van der Waals surface area contributed by atoms with E-state index in [1.54, 1.807) is 4.68 Å². The van der Waals surface area contributed by atoms with Crippen molar-refractivity contribution in [2.24, 2.45) is 0 Å². The number of aliphatic hydroxyl groups is 1. The fourth-order valence-corrected chi connectivity index (χ4v) is 2.42. The minimum absolute atomic E-state index is 0.0802. The van der Waals surface area contributed by atoms with Crippen molar-refractivity contribution < 1.29 is 5.11 Å². The molecule has 0 atom stereocenters. The standard InChI is InChI=1S/C12H12BrClN2O/c1-8-11(7-17)12(14)16(15-8)6-9-3-2-4-10(13)5-9/h2-5,17H,6-7H2,1H3. The van der Waals surface area contributed by atoms with Crippen LogP contribution in [0.25, 0.3) is 0 Å². The van der Waals surface area contributed by atoms with E-state index in [9.17, 15) is 5.11 Å². The summed E-state index contributed by atoms with van der Waals surface area (Å²) in [6.45, 7) is 2.36. The Balaban J connectivity index is 2.30. The van der Waals surface area contributed by atoms with E-state index in [1.807, 2.05) is 31.2 Å². The van der Waals surface area contributed by atoms with Crippen molar-refractivity contribution in [3.63, 3.8) is 0 Å². The summed E-state index contributed by atoms with van der Waals surface area (Å²) in [4.78, 5) is 0. The first-order valence-corrected chi connectivity index (χ1v) is 6.36. The molecule has 1 heterocycles. The molecule has 0 aliphatic carbocycles. The van der Waals surface area contributed by atoms with Gasteiger partial charge in [-0.3, -0.25) is 0 Å². The van der Waals surface area contributed by atoms with Gasteiger partial charge in [0.25, 0.3) is 0 Å². The molecule has 0 spiro atoms. The number of rotatable bonds is 3. The van der Waals surface area contributed by atoms with Crippen LogP contribution < -0.4 is 0 Å². The summed E-state index contributed by atoms with van der Waals surface area (Å²) in [7, 11) is 0. The molecule has 0 unspecified atom stereocenters. The molecular formula is C12H12BrClN2O. The molecule has 0 fully saturated rings. The Morgan fingerprint density at radius 2 is 2.24 bits per heavy atom. The number of hydrogen-bond acceptors (Lipinski definition) is 2. The van der Waals surface area contributed by atoms with Crippen LogP contribution in [0.15, 0.2) is 28.7 Å². The molecule has 1 N–H and O–H groups in total. The van der Waals surface area contributed by atoms with Gasteiger partial charge < -0.3 is 5.11 Å². The largest absolute Gasteiger partial charge is 0.391 e. The third kappa shape index (κ3) is 2.70. The van der Waals surface area contributed by atoms with Gasteiger partial charge in [-0.1, -0.05) is 39.7 Å². The normalized spacial score (nSPS) is 10.8. The first-order valence-electron chi connectivity index (χ1n) is 5.19. The van der Waals surface area contributed by atoms with E-state index in [0.717, 1.165) is 15.7 Å². The maximum Gasteiger partial charge on any atom is 0.133 e. The van der Waals surface area contributed by atoms with Crippen LogP contribution in [-0.2, 0) is 13.2 Å². The Morgan fingerprint density at radius 1 is 1.47 bits per heavy atom. The van der Waals surface area contributed by atoms with E-state index < -0.39 is 0 Å². The molecule has 0 saturated heterocycles. The van der Waals surface area contributed by atoms with E-state index in [4.69, 9.17) is 11.6 Å². The average molecular weight is 316 g/mol. The smallest absolute Gasteiger partial charge is 0.133 e. The van der Waals surface area contributed by atoms with E-state index in [-0.39, 0.29) is 6.61 Å². The van der Waals surface area contributed by atoms with Crippen molar-refractivity contribution in [1.29, 1.82) is 0 Å². The highest BCUT2D eigenvalue weighted by Gasteiger charge is 2.12. The lowest BCUT2D eigenvalue weighted by molar-refractivity contribution is 0.281. The van der Waals surface area contributed by atoms with Crippen LogP contribution in [0, 0.1) is 6.92 Å². The van der Waals surface area contributed by atoms with Gasteiger partial charge in [-0.05, 0) is 24.6 Å². The first kappa shape index (κ1) is 12.6. The molecule has 1 aromatic heterocycles. The second kappa shape index (κ2) is 5.21. The molecule has 2 aromatic rings. The van der Waals surface area contributed by atoms with E-state index in [2.05, 4.69) is 21.0 Å². The average Bonchev–Trinajstić information content (AvgIpc) is 2.54. The second-order valence-electron chi connectivity index (χ2n) is 3.80. The molecule has 0 aliphatic heterocycles. The number of aryl methyl sites for hydroxylation is 1. The number of hydrogen-bond donors (Lipinski definition) is 1. The lowest BCUT2D eigenvalue weighted by atomic mass is 10.2. The molecule has 3 nitrogen and oxygen atoms in total. The number of aliphatic hydroxyl groups excluding tert-OH is 1. The topological polar surface area (TPSA) is 38.0 Å². The van der Waals surface area contributed by atoms with Gasteiger partial charge in [-0.2, -0.15) is 5.10 Å². The van der Waals surface area contributed by atoms with Gasteiger partial charge in [-0.15, -0.1) is 0 Å². The van der Waals surface area contributed by atoms with E-state index in [0.29, 0.717) is 17.3 Å². The molecule has 0 bridgehead atoms. The third-order valence-corrected chi connectivity index (χ3v) is 3.48. The maximum absolute atomic E-state index is 9.18. The van der Waals surface area contributed by atoms with Gasteiger partial charge in [0.2, 0.25) is 0 Å². The van der Waals surface area contributed by atoms with Crippen LogP contribution in [0.2, 0.25) is 5.15 Å². The Hall–Kier alpha value is -0.840. The van der Waals surface area contributed by atoms with E-state index in [1.165, 1.54) is 0 Å². The van der Waals surface area contributed by atoms with Crippen molar-refractivity contribution in [2.45, 2.75) is 20.1 Å². The highest BCUT2D eigenvalue weighted by Crippen LogP contribution is 2.21. The summed E-state index contributed by atoms with van der Waals surface area (Å²) in [5, 5.41) is 14.0. The minimum atomic E-state index is -0.0802. The van der Waals surface area contributed by atoms with Crippen molar-refractivity contribution in [3.05, 3.63) is 50.7 Å². The number of benzene rings is 1. The van der Waals surface area contributed by atoms with Gasteiger partial charge in [0.05, 0.1) is 18.8 Å². The van der Waals surface area contributed by atoms with Crippen molar-refractivity contribution in [1.82, 2.24) is 9.78 Å². The third-order valence-electron chi connectivity index (χ3n) is 2.56. The van der Waals surface area contributed by atoms with Crippen LogP contribution in [0.4, 0.5) is 0 Å². The van der Waals surface area contributed by atoms with Crippen LogP contribution in [-0.4, -0.2) is 14.9 Å². The van der Waals surface area contributed by atoms with E-state index >= 15 is 0 Å². The lowest BCUT2D eigenvalue weighted by Crippen LogP contribution is -2.02. The number of aromatic nitrogens is 2. The zero-order valence-electron chi connectivity index (χ0n) is 9.32. The minimum Gasteiger partial charge on any atom is -0.391 e. The summed E-state index contributed by atoms with van der Waals surface area (Å²) in [6.07, 6.45) is 0. The summed E-state index contributed by atoms with van der Waals surface area (Å²) in [5.74, 6) is 0. The maximum atomic E-state index is 9.18. The zero-order valence-corrected chi connectivity index (χ0v) is 11.7. The lowest BCUT2D eigenvalue weighted by Gasteiger charge is -2.04.